The van der Waals surface area contributed by atoms with Crippen LogP contribution in [0.2, 0.25) is 5.02 Å². The first-order valence-electron chi connectivity index (χ1n) is 5.35. The van der Waals surface area contributed by atoms with Crippen LogP contribution in [0.15, 0.2) is 39.3 Å². The molecule has 0 aliphatic rings. The Morgan fingerprint density at radius 1 is 1.11 bits per heavy atom. The number of aryl methyl sites for hydroxylation is 1. The maximum atomic E-state index is 13.3. The molecule has 0 fully saturated rings. The fraction of sp³-hybridized carbons (Fsp3) is 0.0714. The zero-order valence-electron chi connectivity index (χ0n) is 9.81. The van der Waals surface area contributed by atoms with Crippen molar-refractivity contribution in [1.29, 1.82) is 0 Å². The summed E-state index contributed by atoms with van der Waals surface area (Å²) in [6.45, 7) is 1.60. The number of benzene rings is 2. The summed E-state index contributed by atoms with van der Waals surface area (Å²) in [6, 6.07) is 7.85. The Labute approximate surface area is 132 Å². The van der Waals surface area contributed by atoms with Gasteiger partial charge in [0.25, 0.3) is 0 Å². The monoisotopic (exact) mass is 404 g/mol. The number of hydrogen-bond acceptors (Lipinski definition) is 1. The van der Waals surface area contributed by atoms with E-state index in [1.165, 1.54) is 6.07 Å². The molecule has 19 heavy (non-hydrogen) atoms. The van der Waals surface area contributed by atoms with Crippen molar-refractivity contribution in [2.75, 3.05) is 0 Å². The molecule has 0 N–H and O–H groups in total. The Balaban J connectivity index is 2.53. The van der Waals surface area contributed by atoms with Crippen molar-refractivity contribution in [2.24, 2.45) is 0 Å². The van der Waals surface area contributed by atoms with E-state index in [4.69, 9.17) is 11.6 Å². The van der Waals surface area contributed by atoms with Crippen LogP contribution < -0.4 is 0 Å². The summed E-state index contributed by atoms with van der Waals surface area (Å²) in [5.41, 5.74) is 1.17. The molecule has 0 spiro atoms. The second-order valence-electron chi connectivity index (χ2n) is 4.07. The van der Waals surface area contributed by atoms with E-state index in [-0.39, 0.29) is 10.8 Å². The van der Waals surface area contributed by atoms with Gasteiger partial charge in [-0.2, -0.15) is 0 Å². The largest absolute Gasteiger partial charge is 0.289 e. The van der Waals surface area contributed by atoms with Gasteiger partial charge in [0.2, 0.25) is 0 Å². The molecule has 0 aromatic heterocycles. The van der Waals surface area contributed by atoms with Crippen molar-refractivity contribution in [3.63, 3.8) is 0 Å². The molecule has 0 aliphatic heterocycles. The molecule has 2 aromatic carbocycles. The predicted octanol–water partition coefficient (Wildman–Crippen LogP) is 5.54. The molecule has 5 heteroatoms. The molecule has 98 valence electrons. The van der Waals surface area contributed by atoms with Crippen LogP contribution in [0.25, 0.3) is 0 Å². The number of halogens is 4. The molecule has 0 atom stereocenters. The topological polar surface area (TPSA) is 17.1 Å². The Bertz CT molecular complexity index is 650. The zero-order chi connectivity index (χ0) is 14.2. The smallest absolute Gasteiger partial charge is 0.194 e. The van der Waals surface area contributed by atoms with Crippen LogP contribution in [0, 0.1) is 12.7 Å². The number of ketones is 1. The van der Waals surface area contributed by atoms with E-state index < -0.39 is 5.82 Å². The second kappa shape index (κ2) is 5.73. The summed E-state index contributed by atoms with van der Waals surface area (Å²) in [5.74, 6) is -0.660. The normalized spacial score (nSPS) is 10.6. The maximum absolute atomic E-state index is 13.3. The molecule has 0 unspecified atom stereocenters. The second-order valence-corrected chi connectivity index (χ2v) is 6.31. The molecular weight excluding hydrogens is 398 g/mol. The fourth-order valence-corrected chi connectivity index (χ4v) is 3.20. The quantitative estimate of drug-likeness (QED) is 0.598. The third-order valence-corrected chi connectivity index (χ3v) is 3.85. The molecular formula is C14H8Br2ClFO. The molecule has 1 nitrogen and oxygen atoms in total. The van der Waals surface area contributed by atoms with Crippen LogP contribution in [0.3, 0.4) is 0 Å². The zero-order valence-corrected chi connectivity index (χ0v) is 13.7. The Kier molecular flexibility index (Phi) is 4.43. The highest BCUT2D eigenvalue weighted by Crippen LogP contribution is 2.26. The van der Waals surface area contributed by atoms with E-state index in [2.05, 4.69) is 31.9 Å². The maximum Gasteiger partial charge on any atom is 0.194 e. The van der Waals surface area contributed by atoms with Crippen LogP contribution in [0.1, 0.15) is 21.5 Å². The summed E-state index contributed by atoms with van der Waals surface area (Å²) in [5, 5.41) is 0.115. The Morgan fingerprint density at radius 2 is 1.68 bits per heavy atom. The van der Waals surface area contributed by atoms with Gasteiger partial charge in [0.1, 0.15) is 5.82 Å². The summed E-state index contributed by atoms with van der Waals surface area (Å²) in [7, 11) is 0. The first kappa shape index (κ1) is 14.7. The third kappa shape index (κ3) is 3.25. The minimum atomic E-state index is -0.419. The lowest BCUT2D eigenvalue weighted by molar-refractivity contribution is 0.103. The first-order chi connectivity index (χ1) is 8.88. The Hall–Kier alpha value is -0.710. The van der Waals surface area contributed by atoms with E-state index in [0.717, 1.165) is 15.0 Å². The van der Waals surface area contributed by atoms with Crippen LogP contribution in [0.5, 0.6) is 0 Å². The summed E-state index contributed by atoms with van der Waals surface area (Å²) in [4.78, 5) is 12.4. The number of carbonyl (C=O) groups is 1. The number of carbonyl (C=O) groups excluding carboxylic acids is 1. The fourth-order valence-electron chi connectivity index (χ4n) is 1.67. The first-order valence-corrected chi connectivity index (χ1v) is 7.31. The molecule has 0 saturated carbocycles. The van der Waals surface area contributed by atoms with Crippen molar-refractivity contribution in [3.8, 4) is 0 Å². The van der Waals surface area contributed by atoms with Gasteiger partial charge in [0, 0.05) is 20.1 Å². The lowest BCUT2D eigenvalue weighted by atomic mass is 10.0. The van der Waals surface area contributed by atoms with Gasteiger partial charge in [-0.3, -0.25) is 4.79 Å². The van der Waals surface area contributed by atoms with Gasteiger partial charge in [-0.1, -0.05) is 43.5 Å². The van der Waals surface area contributed by atoms with E-state index >= 15 is 0 Å². The van der Waals surface area contributed by atoms with Gasteiger partial charge in [0.15, 0.2) is 5.78 Å². The molecule has 0 bridgehead atoms. The van der Waals surface area contributed by atoms with Gasteiger partial charge in [0.05, 0.1) is 5.02 Å². The Morgan fingerprint density at radius 3 is 2.26 bits per heavy atom. The molecule has 0 aliphatic carbocycles. The van der Waals surface area contributed by atoms with Crippen molar-refractivity contribution in [1.82, 2.24) is 0 Å². The lowest BCUT2D eigenvalue weighted by Gasteiger charge is -2.07. The summed E-state index contributed by atoms with van der Waals surface area (Å²) < 4.78 is 14.9. The number of rotatable bonds is 2. The van der Waals surface area contributed by atoms with Gasteiger partial charge in [-0.25, -0.2) is 4.39 Å². The van der Waals surface area contributed by atoms with Crippen molar-refractivity contribution in [2.45, 2.75) is 6.92 Å². The van der Waals surface area contributed by atoms with Gasteiger partial charge < -0.3 is 0 Å². The average molecular weight is 406 g/mol. The van der Waals surface area contributed by atoms with Crippen molar-refractivity contribution < 1.29 is 9.18 Å². The van der Waals surface area contributed by atoms with Crippen LogP contribution >= 0.6 is 43.5 Å². The minimum absolute atomic E-state index is 0.115. The van der Waals surface area contributed by atoms with Crippen LogP contribution in [-0.4, -0.2) is 5.78 Å². The minimum Gasteiger partial charge on any atom is -0.289 e. The van der Waals surface area contributed by atoms with Gasteiger partial charge >= 0.3 is 0 Å². The van der Waals surface area contributed by atoms with Crippen molar-refractivity contribution in [3.05, 3.63) is 66.8 Å². The molecule has 0 amide bonds. The third-order valence-electron chi connectivity index (χ3n) is 2.62. The highest BCUT2D eigenvalue weighted by molar-refractivity contribution is 9.11. The van der Waals surface area contributed by atoms with E-state index in [1.807, 2.05) is 6.07 Å². The van der Waals surface area contributed by atoms with Crippen LogP contribution in [0.4, 0.5) is 4.39 Å². The molecule has 0 heterocycles. The lowest BCUT2D eigenvalue weighted by Crippen LogP contribution is -2.04. The average Bonchev–Trinajstić information content (AvgIpc) is 2.31. The molecule has 0 saturated heterocycles. The van der Waals surface area contributed by atoms with E-state index in [1.54, 1.807) is 19.1 Å². The standard InChI is InChI=1S/C14H8Br2ClFO/c1-7-2-11(12(17)6-13(7)18)14(19)8-3-9(15)5-10(16)4-8/h2-6H,1H3. The summed E-state index contributed by atoms with van der Waals surface area (Å²) in [6.07, 6.45) is 0. The molecule has 0 radical (unpaired) electrons. The SMILES string of the molecule is Cc1cc(C(=O)c2cc(Br)cc(Br)c2)c(Cl)cc1F. The highest BCUT2D eigenvalue weighted by atomic mass is 79.9. The van der Waals surface area contributed by atoms with Crippen LogP contribution in [-0.2, 0) is 0 Å². The molecule has 2 rings (SSSR count). The summed E-state index contributed by atoms with van der Waals surface area (Å²) >= 11 is 12.6. The highest BCUT2D eigenvalue weighted by Gasteiger charge is 2.16. The molecule has 2 aromatic rings. The van der Waals surface area contributed by atoms with Gasteiger partial charge in [-0.05, 0) is 42.8 Å². The predicted molar refractivity (Wildman–Crippen MR) is 81.4 cm³/mol. The van der Waals surface area contributed by atoms with E-state index in [9.17, 15) is 9.18 Å². The number of hydrogen-bond donors (Lipinski definition) is 0. The van der Waals surface area contributed by atoms with Gasteiger partial charge in [-0.15, -0.1) is 0 Å². The van der Waals surface area contributed by atoms with Crippen molar-refractivity contribution >= 4 is 49.2 Å². The van der Waals surface area contributed by atoms with E-state index in [0.29, 0.717) is 16.7 Å².